The predicted octanol–water partition coefficient (Wildman–Crippen LogP) is 3.37. The van der Waals surface area contributed by atoms with Crippen LogP contribution in [0, 0.1) is 0 Å². The zero-order valence-corrected chi connectivity index (χ0v) is 14.4. The third kappa shape index (κ3) is 3.16. The number of urea groups is 1. The van der Waals surface area contributed by atoms with E-state index in [2.05, 4.69) is 21.2 Å². The molecule has 1 atom stereocenters. The summed E-state index contributed by atoms with van der Waals surface area (Å²) in [5.41, 5.74) is 1.96. The maximum Gasteiger partial charge on any atom is 0.338 e. The molecule has 1 heterocycles. The van der Waals surface area contributed by atoms with Crippen LogP contribution in [0.1, 0.15) is 32.4 Å². The largest absolute Gasteiger partial charge is 0.463 e. The van der Waals surface area contributed by atoms with Crippen LogP contribution < -0.4 is 5.32 Å². The number of benzene rings is 1. The van der Waals surface area contributed by atoms with E-state index in [1.807, 2.05) is 31.2 Å². The normalized spacial score (nSPS) is 18.3. The first kappa shape index (κ1) is 16.5. The number of nitrogens with zero attached hydrogens (tertiary/aromatic N) is 1. The quantitative estimate of drug-likeness (QED) is 0.831. The van der Waals surface area contributed by atoms with Gasteiger partial charge in [0.15, 0.2) is 0 Å². The molecule has 0 saturated carbocycles. The van der Waals surface area contributed by atoms with Gasteiger partial charge in [0.25, 0.3) is 0 Å². The fourth-order valence-corrected chi connectivity index (χ4v) is 2.80. The summed E-state index contributed by atoms with van der Waals surface area (Å²) in [6, 6.07) is 6.81. The summed E-state index contributed by atoms with van der Waals surface area (Å²) in [6.45, 7) is 6.20. The van der Waals surface area contributed by atoms with E-state index < -0.39 is 12.0 Å². The molecule has 1 aromatic carbocycles. The van der Waals surface area contributed by atoms with Crippen molar-refractivity contribution in [2.75, 3.05) is 13.2 Å². The molecule has 0 bridgehead atoms. The molecule has 0 saturated heterocycles. The zero-order valence-electron chi connectivity index (χ0n) is 12.9. The van der Waals surface area contributed by atoms with Crippen LogP contribution in [0.2, 0.25) is 0 Å². The van der Waals surface area contributed by atoms with E-state index in [4.69, 9.17) is 4.74 Å². The molecular formula is C16H19BrN2O3. The van der Waals surface area contributed by atoms with Crippen LogP contribution in [-0.2, 0) is 9.53 Å². The summed E-state index contributed by atoms with van der Waals surface area (Å²) in [6.07, 6.45) is 0. The van der Waals surface area contributed by atoms with Gasteiger partial charge in [0.1, 0.15) is 0 Å². The number of carbonyl (C=O) groups is 2. The SMILES string of the molecule is CCOC(=O)C1=C(C)N(CC)C(=O)N[C@@H]1c1ccc(Br)cc1. The zero-order chi connectivity index (χ0) is 16.3. The summed E-state index contributed by atoms with van der Waals surface area (Å²) in [5.74, 6) is -0.397. The second kappa shape index (κ2) is 6.96. The van der Waals surface area contributed by atoms with E-state index in [9.17, 15) is 9.59 Å². The van der Waals surface area contributed by atoms with Crippen LogP contribution in [0.4, 0.5) is 4.79 Å². The van der Waals surface area contributed by atoms with Crippen LogP contribution in [0.5, 0.6) is 0 Å². The molecular weight excluding hydrogens is 348 g/mol. The number of ether oxygens (including phenoxy) is 1. The standard InChI is InChI=1S/C16H19BrN2O3/c1-4-19-10(3)13(15(20)22-5-2)14(18-16(19)21)11-6-8-12(17)9-7-11/h6-9,14H,4-5H2,1-3H3,(H,18,21)/t14-/m1/s1. The Hall–Kier alpha value is -1.82. The van der Waals surface area contributed by atoms with E-state index in [1.54, 1.807) is 18.7 Å². The van der Waals surface area contributed by atoms with Gasteiger partial charge in [-0.1, -0.05) is 28.1 Å². The molecule has 2 rings (SSSR count). The molecule has 6 heteroatoms. The maximum atomic E-state index is 12.4. The first-order valence-corrected chi connectivity index (χ1v) is 8.00. The number of hydrogen-bond donors (Lipinski definition) is 1. The van der Waals surface area contributed by atoms with Crippen LogP contribution in [-0.4, -0.2) is 30.1 Å². The van der Waals surface area contributed by atoms with Crippen molar-refractivity contribution in [2.24, 2.45) is 0 Å². The van der Waals surface area contributed by atoms with Crippen molar-refractivity contribution in [2.45, 2.75) is 26.8 Å². The average molecular weight is 367 g/mol. The van der Waals surface area contributed by atoms with Crippen molar-refractivity contribution < 1.29 is 14.3 Å². The van der Waals surface area contributed by atoms with Gasteiger partial charge in [-0.05, 0) is 38.5 Å². The minimum Gasteiger partial charge on any atom is -0.463 e. The minimum absolute atomic E-state index is 0.207. The highest BCUT2D eigenvalue weighted by atomic mass is 79.9. The van der Waals surface area contributed by atoms with Crippen molar-refractivity contribution in [1.29, 1.82) is 0 Å². The lowest BCUT2D eigenvalue weighted by Crippen LogP contribution is -2.47. The number of carbonyl (C=O) groups excluding carboxylic acids is 2. The number of rotatable bonds is 4. The molecule has 0 fully saturated rings. The third-order valence-corrected chi connectivity index (χ3v) is 4.14. The number of hydrogen-bond acceptors (Lipinski definition) is 3. The first-order valence-electron chi connectivity index (χ1n) is 7.21. The molecule has 1 aliphatic rings. The van der Waals surface area contributed by atoms with Gasteiger partial charge in [0, 0.05) is 16.7 Å². The molecule has 0 aromatic heterocycles. The Labute approximate surface area is 138 Å². The smallest absolute Gasteiger partial charge is 0.338 e. The predicted molar refractivity (Wildman–Crippen MR) is 87.1 cm³/mol. The molecule has 1 aliphatic heterocycles. The van der Waals surface area contributed by atoms with E-state index in [-0.39, 0.29) is 6.03 Å². The Balaban J connectivity index is 2.50. The Morgan fingerprint density at radius 1 is 1.32 bits per heavy atom. The summed E-state index contributed by atoms with van der Waals surface area (Å²) >= 11 is 3.38. The Bertz CT molecular complexity index is 610. The van der Waals surface area contributed by atoms with Crippen LogP contribution in [0.15, 0.2) is 40.0 Å². The third-order valence-electron chi connectivity index (χ3n) is 3.61. The number of allylic oxidation sites excluding steroid dienone is 1. The Morgan fingerprint density at radius 3 is 2.50 bits per heavy atom. The van der Waals surface area contributed by atoms with Gasteiger partial charge in [-0.3, -0.25) is 4.90 Å². The Morgan fingerprint density at radius 2 is 1.95 bits per heavy atom. The van der Waals surface area contributed by atoms with Gasteiger partial charge in [0.05, 0.1) is 18.2 Å². The van der Waals surface area contributed by atoms with Crippen LogP contribution in [0.25, 0.3) is 0 Å². The lowest BCUT2D eigenvalue weighted by molar-refractivity contribution is -0.139. The molecule has 5 nitrogen and oxygen atoms in total. The molecule has 0 radical (unpaired) electrons. The van der Waals surface area contributed by atoms with E-state index >= 15 is 0 Å². The second-order valence-electron chi connectivity index (χ2n) is 4.90. The number of nitrogens with one attached hydrogen (secondary N) is 1. The van der Waals surface area contributed by atoms with Crippen molar-refractivity contribution >= 4 is 27.9 Å². The lowest BCUT2D eigenvalue weighted by Gasteiger charge is -2.34. The summed E-state index contributed by atoms with van der Waals surface area (Å²) < 4.78 is 6.11. The molecule has 0 spiro atoms. The van der Waals surface area contributed by atoms with Gasteiger partial charge in [-0.15, -0.1) is 0 Å². The molecule has 2 amide bonds. The van der Waals surface area contributed by atoms with Crippen molar-refractivity contribution in [3.63, 3.8) is 0 Å². The lowest BCUT2D eigenvalue weighted by atomic mass is 9.95. The summed E-state index contributed by atoms with van der Waals surface area (Å²) in [7, 11) is 0. The van der Waals surface area contributed by atoms with Crippen LogP contribution >= 0.6 is 15.9 Å². The van der Waals surface area contributed by atoms with Crippen molar-refractivity contribution in [3.05, 3.63) is 45.6 Å². The molecule has 22 heavy (non-hydrogen) atoms. The van der Waals surface area contributed by atoms with Gasteiger partial charge in [-0.2, -0.15) is 0 Å². The highest BCUT2D eigenvalue weighted by Crippen LogP contribution is 2.31. The number of halogens is 1. The van der Waals surface area contributed by atoms with E-state index in [1.165, 1.54) is 0 Å². The van der Waals surface area contributed by atoms with Crippen molar-refractivity contribution in [1.82, 2.24) is 10.2 Å². The fourth-order valence-electron chi connectivity index (χ4n) is 2.54. The fraction of sp³-hybridized carbons (Fsp3) is 0.375. The van der Waals surface area contributed by atoms with E-state index in [0.717, 1.165) is 10.0 Å². The Kier molecular flexibility index (Phi) is 5.24. The average Bonchev–Trinajstić information content (AvgIpc) is 2.48. The first-order chi connectivity index (χ1) is 10.5. The number of amides is 2. The highest BCUT2D eigenvalue weighted by Gasteiger charge is 2.35. The van der Waals surface area contributed by atoms with Gasteiger partial charge in [0.2, 0.25) is 0 Å². The minimum atomic E-state index is -0.498. The van der Waals surface area contributed by atoms with Crippen molar-refractivity contribution in [3.8, 4) is 0 Å². The van der Waals surface area contributed by atoms with Gasteiger partial charge in [-0.25, -0.2) is 9.59 Å². The maximum absolute atomic E-state index is 12.4. The van der Waals surface area contributed by atoms with Crippen LogP contribution in [0.3, 0.4) is 0 Å². The summed E-state index contributed by atoms with van der Waals surface area (Å²) in [4.78, 5) is 26.1. The highest BCUT2D eigenvalue weighted by molar-refractivity contribution is 9.10. The second-order valence-corrected chi connectivity index (χ2v) is 5.81. The molecule has 1 N–H and O–H groups in total. The topological polar surface area (TPSA) is 58.6 Å². The van der Waals surface area contributed by atoms with Gasteiger partial charge < -0.3 is 10.1 Å². The molecule has 1 aromatic rings. The molecule has 0 aliphatic carbocycles. The summed E-state index contributed by atoms with van der Waals surface area (Å²) in [5, 5.41) is 2.89. The monoisotopic (exact) mass is 366 g/mol. The molecule has 0 unspecified atom stereocenters. The van der Waals surface area contributed by atoms with Gasteiger partial charge >= 0.3 is 12.0 Å². The number of esters is 1. The van der Waals surface area contributed by atoms with E-state index in [0.29, 0.717) is 24.4 Å². The molecule has 118 valence electrons.